The zero-order valence-corrected chi connectivity index (χ0v) is 11.7. The molecule has 3 N–H and O–H groups in total. The van der Waals surface area contributed by atoms with E-state index in [1.807, 2.05) is 6.07 Å². The van der Waals surface area contributed by atoms with Gasteiger partial charge in [0.05, 0.1) is 5.52 Å². The van der Waals surface area contributed by atoms with E-state index in [2.05, 4.69) is 44.7 Å². The van der Waals surface area contributed by atoms with Gasteiger partial charge in [-0.15, -0.1) is 0 Å². The molecule has 0 amide bonds. The van der Waals surface area contributed by atoms with Gasteiger partial charge in [0, 0.05) is 22.6 Å². The number of hydrogen-bond acceptors (Lipinski definition) is 3. The van der Waals surface area contributed by atoms with Crippen molar-refractivity contribution in [1.29, 1.82) is 0 Å². The summed E-state index contributed by atoms with van der Waals surface area (Å²) in [6, 6.07) is 1.99. The molecule has 2 heterocycles. The molecule has 0 aliphatic carbocycles. The fourth-order valence-electron chi connectivity index (χ4n) is 2.10. The van der Waals surface area contributed by atoms with Crippen molar-refractivity contribution in [3.05, 3.63) is 22.6 Å². The second kappa shape index (κ2) is 4.74. The van der Waals surface area contributed by atoms with Gasteiger partial charge < -0.3 is 10.7 Å². The van der Waals surface area contributed by atoms with E-state index in [0.29, 0.717) is 6.54 Å². The quantitative estimate of drug-likeness (QED) is 0.911. The maximum Gasteiger partial charge on any atom is 0.177 e. The molecule has 0 saturated carbocycles. The number of imidazole rings is 1. The third-order valence-electron chi connectivity index (χ3n) is 3.55. The Morgan fingerprint density at radius 1 is 1.41 bits per heavy atom. The Labute approximate surface area is 109 Å². The minimum absolute atomic E-state index is 0.0623. The van der Waals surface area contributed by atoms with Crippen LogP contribution in [-0.4, -0.2) is 21.5 Å². The summed E-state index contributed by atoms with van der Waals surface area (Å²) in [5.41, 5.74) is 7.57. The average molecular weight is 297 g/mol. The topological polar surface area (TPSA) is 67.6 Å². The summed E-state index contributed by atoms with van der Waals surface area (Å²) in [6.45, 7) is 4.89. The first-order chi connectivity index (χ1) is 8.15. The van der Waals surface area contributed by atoms with E-state index in [1.54, 1.807) is 6.20 Å². The Balaban J connectivity index is 2.55. The zero-order chi connectivity index (χ0) is 12.5. The molecule has 0 spiro atoms. The van der Waals surface area contributed by atoms with Gasteiger partial charge in [-0.3, -0.25) is 0 Å². The summed E-state index contributed by atoms with van der Waals surface area (Å²) in [5, 5.41) is 0. The average Bonchev–Trinajstić information content (AvgIpc) is 2.75. The van der Waals surface area contributed by atoms with Crippen molar-refractivity contribution in [2.24, 2.45) is 5.73 Å². The van der Waals surface area contributed by atoms with Crippen LogP contribution in [0.3, 0.4) is 0 Å². The van der Waals surface area contributed by atoms with E-state index in [1.165, 1.54) is 0 Å². The molecule has 92 valence electrons. The monoisotopic (exact) mass is 296 g/mol. The fourth-order valence-corrected chi connectivity index (χ4v) is 2.43. The molecule has 2 rings (SSSR count). The second-order valence-corrected chi connectivity index (χ2v) is 5.22. The highest BCUT2D eigenvalue weighted by Gasteiger charge is 2.30. The molecule has 0 radical (unpaired) electrons. The normalized spacial score (nSPS) is 12.2. The Kier molecular flexibility index (Phi) is 3.49. The van der Waals surface area contributed by atoms with Crippen molar-refractivity contribution in [2.75, 3.05) is 6.54 Å². The number of nitrogens with one attached hydrogen (secondary N) is 1. The highest BCUT2D eigenvalue weighted by molar-refractivity contribution is 9.10. The van der Waals surface area contributed by atoms with Crippen molar-refractivity contribution < 1.29 is 0 Å². The van der Waals surface area contributed by atoms with Gasteiger partial charge in [-0.2, -0.15) is 0 Å². The van der Waals surface area contributed by atoms with Gasteiger partial charge in [-0.25, -0.2) is 9.97 Å². The molecule has 0 aliphatic heterocycles. The number of H-pyrrole nitrogens is 1. The molecule has 2 aromatic rings. The standard InChI is InChI=1S/C12H17BrN4/c1-3-12(4-2,7-14)11-16-9-5-8(13)6-15-10(9)17-11/h5-6H,3-4,7,14H2,1-2H3,(H,15,16,17). The van der Waals surface area contributed by atoms with Gasteiger partial charge in [-0.05, 0) is 34.8 Å². The molecule has 0 aromatic carbocycles. The summed E-state index contributed by atoms with van der Waals surface area (Å²) < 4.78 is 0.951. The van der Waals surface area contributed by atoms with Crippen LogP contribution < -0.4 is 5.73 Å². The van der Waals surface area contributed by atoms with E-state index in [-0.39, 0.29) is 5.41 Å². The molecule has 2 aromatic heterocycles. The van der Waals surface area contributed by atoms with Gasteiger partial charge >= 0.3 is 0 Å². The Hall–Kier alpha value is -0.940. The van der Waals surface area contributed by atoms with Crippen LogP contribution in [-0.2, 0) is 5.41 Å². The van der Waals surface area contributed by atoms with Crippen molar-refractivity contribution in [2.45, 2.75) is 32.1 Å². The minimum atomic E-state index is -0.0623. The van der Waals surface area contributed by atoms with Gasteiger partial charge in [0.15, 0.2) is 5.65 Å². The van der Waals surface area contributed by atoms with Gasteiger partial charge in [0.25, 0.3) is 0 Å². The number of nitrogens with zero attached hydrogens (tertiary/aromatic N) is 2. The number of fused-ring (bicyclic) bond motifs is 1. The van der Waals surface area contributed by atoms with Gasteiger partial charge in [0.2, 0.25) is 0 Å². The molecule has 17 heavy (non-hydrogen) atoms. The number of aromatic amines is 1. The smallest absolute Gasteiger partial charge is 0.177 e. The van der Waals surface area contributed by atoms with E-state index >= 15 is 0 Å². The van der Waals surface area contributed by atoms with Crippen LogP contribution in [0, 0.1) is 0 Å². The summed E-state index contributed by atoms with van der Waals surface area (Å²) in [6.07, 6.45) is 3.71. The van der Waals surface area contributed by atoms with Crippen molar-refractivity contribution >= 4 is 27.1 Å². The largest absolute Gasteiger partial charge is 0.340 e. The van der Waals surface area contributed by atoms with Crippen molar-refractivity contribution in [1.82, 2.24) is 15.0 Å². The van der Waals surface area contributed by atoms with Crippen LogP contribution in [0.1, 0.15) is 32.5 Å². The molecule has 0 aliphatic rings. The maximum atomic E-state index is 5.92. The van der Waals surface area contributed by atoms with Crippen LogP contribution >= 0.6 is 15.9 Å². The zero-order valence-electron chi connectivity index (χ0n) is 10.1. The van der Waals surface area contributed by atoms with E-state index in [9.17, 15) is 0 Å². The number of nitrogens with two attached hydrogens (primary N) is 1. The lowest BCUT2D eigenvalue weighted by Crippen LogP contribution is -2.35. The SMILES string of the molecule is CCC(CC)(CN)c1nc2ncc(Br)cc2[nH]1. The van der Waals surface area contributed by atoms with Crippen molar-refractivity contribution in [3.8, 4) is 0 Å². The molecule has 5 heteroatoms. The van der Waals surface area contributed by atoms with E-state index < -0.39 is 0 Å². The molecule has 0 unspecified atom stereocenters. The Morgan fingerprint density at radius 2 is 2.12 bits per heavy atom. The number of pyridine rings is 1. The number of hydrogen-bond donors (Lipinski definition) is 2. The third-order valence-corrected chi connectivity index (χ3v) is 3.98. The lowest BCUT2D eigenvalue weighted by molar-refractivity contribution is 0.387. The molecule has 0 atom stereocenters. The van der Waals surface area contributed by atoms with Crippen LogP contribution in [0.5, 0.6) is 0 Å². The van der Waals surface area contributed by atoms with E-state index in [4.69, 9.17) is 5.73 Å². The highest BCUT2D eigenvalue weighted by Crippen LogP contribution is 2.29. The van der Waals surface area contributed by atoms with Crippen LogP contribution in [0.4, 0.5) is 0 Å². The molecular formula is C12H17BrN4. The number of rotatable bonds is 4. The predicted molar refractivity (Wildman–Crippen MR) is 72.9 cm³/mol. The first kappa shape index (κ1) is 12.5. The first-order valence-corrected chi connectivity index (χ1v) is 6.66. The molecule has 0 saturated heterocycles. The van der Waals surface area contributed by atoms with Crippen molar-refractivity contribution in [3.63, 3.8) is 0 Å². The molecule has 0 fully saturated rings. The summed E-state index contributed by atoms with van der Waals surface area (Å²) in [4.78, 5) is 12.2. The Bertz CT molecular complexity index is 508. The fraction of sp³-hybridized carbons (Fsp3) is 0.500. The highest BCUT2D eigenvalue weighted by atomic mass is 79.9. The molecule has 4 nitrogen and oxygen atoms in total. The second-order valence-electron chi connectivity index (χ2n) is 4.30. The van der Waals surface area contributed by atoms with Crippen LogP contribution in [0.15, 0.2) is 16.7 Å². The maximum absolute atomic E-state index is 5.92. The third kappa shape index (κ3) is 2.09. The number of aromatic nitrogens is 3. The molecule has 0 bridgehead atoms. The number of halogens is 1. The first-order valence-electron chi connectivity index (χ1n) is 5.87. The molecular weight excluding hydrogens is 280 g/mol. The van der Waals surface area contributed by atoms with Crippen LogP contribution in [0.25, 0.3) is 11.2 Å². The summed E-state index contributed by atoms with van der Waals surface area (Å²) >= 11 is 3.41. The summed E-state index contributed by atoms with van der Waals surface area (Å²) in [7, 11) is 0. The van der Waals surface area contributed by atoms with Gasteiger partial charge in [0.1, 0.15) is 5.82 Å². The Morgan fingerprint density at radius 3 is 2.71 bits per heavy atom. The predicted octanol–water partition coefficient (Wildman–Crippen LogP) is 2.74. The lowest BCUT2D eigenvalue weighted by atomic mass is 9.82. The lowest BCUT2D eigenvalue weighted by Gasteiger charge is -2.27. The minimum Gasteiger partial charge on any atom is -0.340 e. The summed E-state index contributed by atoms with van der Waals surface area (Å²) in [5.74, 6) is 0.950. The van der Waals surface area contributed by atoms with Gasteiger partial charge in [-0.1, -0.05) is 13.8 Å². The van der Waals surface area contributed by atoms with Crippen LogP contribution in [0.2, 0.25) is 0 Å². The van der Waals surface area contributed by atoms with E-state index in [0.717, 1.165) is 34.3 Å².